The van der Waals surface area contributed by atoms with Gasteiger partial charge in [0.1, 0.15) is 0 Å². The van der Waals surface area contributed by atoms with Crippen LogP contribution in [-0.4, -0.2) is 29.2 Å². The molecule has 2 aliphatic rings. The molecule has 2 amide bonds. The number of nitrogens with zero attached hydrogens (tertiary/aromatic N) is 2. The van der Waals surface area contributed by atoms with Crippen molar-refractivity contribution in [2.45, 2.75) is 24.9 Å². The van der Waals surface area contributed by atoms with Gasteiger partial charge in [0.05, 0.1) is 6.54 Å². The Kier molecular flexibility index (Phi) is 5.42. The Labute approximate surface area is 193 Å². The van der Waals surface area contributed by atoms with Crippen molar-refractivity contribution in [2.75, 3.05) is 6.54 Å². The number of guanidine groups is 1. The van der Waals surface area contributed by atoms with E-state index in [-0.39, 0.29) is 24.3 Å². The van der Waals surface area contributed by atoms with Gasteiger partial charge in [-0.1, -0.05) is 72.8 Å². The lowest BCUT2D eigenvalue weighted by molar-refractivity contribution is -0.130. The SMILES string of the molecule is NC1=NC(c2ccccc2)(c2ccccc2)C(=O)N1Cc1cccc(C(=O)NCC2CC2)c1. The summed E-state index contributed by atoms with van der Waals surface area (Å²) in [6.45, 7) is 0.948. The van der Waals surface area contributed by atoms with E-state index in [9.17, 15) is 9.59 Å². The van der Waals surface area contributed by atoms with E-state index in [1.807, 2.05) is 78.9 Å². The van der Waals surface area contributed by atoms with Gasteiger partial charge in [0.25, 0.3) is 11.8 Å². The zero-order chi connectivity index (χ0) is 22.8. The fourth-order valence-electron chi connectivity index (χ4n) is 4.29. The Balaban J connectivity index is 1.44. The third-order valence-corrected chi connectivity index (χ3v) is 6.27. The molecule has 6 heteroatoms. The molecule has 0 atom stereocenters. The van der Waals surface area contributed by atoms with Crippen LogP contribution in [0, 0.1) is 5.92 Å². The first-order valence-electron chi connectivity index (χ1n) is 11.2. The monoisotopic (exact) mass is 438 g/mol. The van der Waals surface area contributed by atoms with Crippen molar-refractivity contribution >= 4 is 17.8 Å². The van der Waals surface area contributed by atoms with Crippen molar-refractivity contribution in [1.82, 2.24) is 10.2 Å². The van der Waals surface area contributed by atoms with Crippen LogP contribution < -0.4 is 11.1 Å². The first-order valence-corrected chi connectivity index (χ1v) is 11.2. The van der Waals surface area contributed by atoms with E-state index >= 15 is 0 Å². The van der Waals surface area contributed by atoms with Crippen molar-refractivity contribution in [3.63, 3.8) is 0 Å². The van der Waals surface area contributed by atoms with E-state index in [0.717, 1.165) is 16.7 Å². The number of carbonyl (C=O) groups is 2. The topological polar surface area (TPSA) is 87.8 Å². The number of amides is 2. The molecule has 166 valence electrons. The van der Waals surface area contributed by atoms with Crippen molar-refractivity contribution in [1.29, 1.82) is 0 Å². The lowest BCUT2D eigenvalue weighted by atomic mass is 9.83. The maximum Gasteiger partial charge on any atom is 0.266 e. The molecule has 0 radical (unpaired) electrons. The minimum atomic E-state index is -1.23. The van der Waals surface area contributed by atoms with Crippen LogP contribution in [0.25, 0.3) is 0 Å². The van der Waals surface area contributed by atoms with Gasteiger partial charge >= 0.3 is 0 Å². The summed E-state index contributed by atoms with van der Waals surface area (Å²) in [7, 11) is 0. The molecule has 1 saturated carbocycles. The largest absolute Gasteiger partial charge is 0.369 e. The molecule has 0 saturated heterocycles. The van der Waals surface area contributed by atoms with Crippen LogP contribution in [-0.2, 0) is 16.9 Å². The number of benzene rings is 3. The highest BCUT2D eigenvalue weighted by molar-refractivity contribution is 6.09. The molecule has 3 aromatic rings. The maximum absolute atomic E-state index is 13.9. The first kappa shape index (κ1) is 20.9. The number of hydrogen-bond acceptors (Lipinski definition) is 4. The minimum absolute atomic E-state index is 0.0962. The molecule has 0 bridgehead atoms. The number of aliphatic imine (C=N–C) groups is 1. The summed E-state index contributed by atoms with van der Waals surface area (Å²) in [6.07, 6.45) is 2.36. The van der Waals surface area contributed by atoms with Crippen molar-refractivity contribution < 1.29 is 9.59 Å². The predicted octanol–water partition coefficient (Wildman–Crippen LogP) is 3.43. The summed E-state index contributed by atoms with van der Waals surface area (Å²) < 4.78 is 0. The Bertz CT molecular complexity index is 1160. The zero-order valence-electron chi connectivity index (χ0n) is 18.3. The third kappa shape index (κ3) is 4.00. The van der Waals surface area contributed by atoms with E-state index in [0.29, 0.717) is 18.0 Å². The van der Waals surface area contributed by atoms with Gasteiger partial charge in [-0.2, -0.15) is 0 Å². The Hall–Kier alpha value is -3.93. The number of nitrogens with one attached hydrogen (secondary N) is 1. The van der Waals surface area contributed by atoms with Gasteiger partial charge in [0.15, 0.2) is 11.5 Å². The highest BCUT2D eigenvalue weighted by atomic mass is 16.2. The van der Waals surface area contributed by atoms with E-state index in [1.54, 1.807) is 6.07 Å². The molecule has 3 aromatic carbocycles. The molecule has 0 aromatic heterocycles. The van der Waals surface area contributed by atoms with Crippen LogP contribution in [0.15, 0.2) is 89.9 Å². The molecule has 1 aliphatic carbocycles. The molecule has 6 nitrogen and oxygen atoms in total. The second-order valence-electron chi connectivity index (χ2n) is 8.66. The van der Waals surface area contributed by atoms with E-state index in [2.05, 4.69) is 5.32 Å². The highest BCUT2D eigenvalue weighted by Crippen LogP contribution is 2.40. The van der Waals surface area contributed by atoms with Gasteiger partial charge in [-0.25, -0.2) is 4.99 Å². The Morgan fingerprint density at radius 3 is 2.21 bits per heavy atom. The summed E-state index contributed by atoms with van der Waals surface area (Å²) in [5.41, 5.74) is 8.02. The zero-order valence-corrected chi connectivity index (χ0v) is 18.3. The first-order chi connectivity index (χ1) is 16.1. The highest BCUT2D eigenvalue weighted by Gasteiger charge is 2.50. The standard InChI is InChI=1S/C27H26N4O2/c28-26-30-27(22-10-3-1-4-11-22,23-12-5-2-6-13-23)25(33)31(26)18-20-8-7-9-21(16-20)24(32)29-17-19-14-15-19/h1-13,16,19H,14-15,17-18H2,(H2,28,30)(H,29,32). The molecule has 1 aliphatic heterocycles. The lowest BCUT2D eigenvalue weighted by Gasteiger charge is -2.27. The van der Waals surface area contributed by atoms with Gasteiger partial charge in [0, 0.05) is 12.1 Å². The molecule has 0 spiro atoms. The van der Waals surface area contributed by atoms with Crippen LogP contribution in [0.2, 0.25) is 0 Å². The number of hydrogen-bond donors (Lipinski definition) is 2. The third-order valence-electron chi connectivity index (χ3n) is 6.27. The average Bonchev–Trinajstić information content (AvgIpc) is 3.66. The van der Waals surface area contributed by atoms with Crippen molar-refractivity contribution in [3.05, 3.63) is 107 Å². The van der Waals surface area contributed by atoms with E-state index in [4.69, 9.17) is 10.7 Å². The van der Waals surface area contributed by atoms with Crippen LogP contribution >= 0.6 is 0 Å². The summed E-state index contributed by atoms with van der Waals surface area (Å²) in [5.74, 6) is 0.470. The van der Waals surface area contributed by atoms with Crippen molar-refractivity contribution in [2.24, 2.45) is 16.6 Å². The van der Waals surface area contributed by atoms with Crippen LogP contribution in [0.1, 0.15) is 39.9 Å². The number of carbonyl (C=O) groups excluding carboxylic acids is 2. The van der Waals surface area contributed by atoms with E-state index in [1.165, 1.54) is 17.7 Å². The second kappa shape index (κ2) is 8.54. The summed E-state index contributed by atoms with van der Waals surface area (Å²) in [4.78, 5) is 32.7. The maximum atomic E-state index is 13.9. The van der Waals surface area contributed by atoms with Crippen LogP contribution in [0.3, 0.4) is 0 Å². The second-order valence-corrected chi connectivity index (χ2v) is 8.66. The average molecular weight is 439 g/mol. The summed E-state index contributed by atoms with van der Waals surface area (Å²) in [5, 5.41) is 2.99. The fraction of sp³-hybridized carbons (Fsp3) is 0.222. The normalized spacial score (nSPS) is 17.0. The van der Waals surface area contributed by atoms with Crippen LogP contribution in [0.5, 0.6) is 0 Å². The molecule has 3 N–H and O–H groups in total. The summed E-state index contributed by atoms with van der Waals surface area (Å²) >= 11 is 0. The van der Waals surface area contributed by atoms with Gasteiger partial charge in [-0.05, 0) is 47.6 Å². The van der Waals surface area contributed by atoms with E-state index < -0.39 is 5.54 Å². The Morgan fingerprint density at radius 2 is 1.61 bits per heavy atom. The quantitative estimate of drug-likeness (QED) is 0.592. The molecular formula is C27H26N4O2. The Morgan fingerprint density at radius 1 is 0.970 bits per heavy atom. The van der Waals surface area contributed by atoms with Gasteiger partial charge < -0.3 is 11.1 Å². The fourth-order valence-corrected chi connectivity index (χ4v) is 4.29. The number of rotatable bonds is 7. The molecule has 5 rings (SSSR count). The molecule has 0 unspecified atom stereocenters. The van der Waals surface area contributed by atoms with Gasteiger partial charge in [0.2, 0.25) is 0 Å². The lowest BCUT2D eigenvalue weighted by Crippen LogP contribution is -2.43. The molecule has 1 heterocycles. The molecule has 33 heavy (non-hydrogen) atoms. The van der Waals surface area contributed by atoms with Crippen LogP contribution in [0.4, 0.5) is 0 Å². The van der Waals surface area contributed by atoms with Gasteiger partial charge in [-0.3, -0.25) is 14.5 Å². The predicted molar refractivity (Wildman–Crippen MR) is 127 cm³/mol. The number of nitrogens with two attached hydrogens (primary N) is 1. The van der Waals surface area contributed by atoms with Gasteiger partial charge in [-0.15, -0.1) is 0 Å². The smallest absolute Gasteiger partial charge is 0.266 e. The summed E-state index contributed by atoms with van der Waals surface area (Å²) in [6, 6.07) is 26.3. The minimum Gasteiger partial charge on any atom is -0.369 e. The van der Waals surface area contributed by atoms with Crippen molar-refractivity contribution in [3.8, 4) is 0 Å². The molecule has 1 fully saturated rings. The molecular weight excluding hydrogens is 412 g/mol.